The maximum Gasteiger partial charge on any atom is 0.133 e. The number of hydrogen-bond acceptors (Lipinski definition) is 3. The molecule has 0 radical (unpaired) electrons. The molecule has 1 atom stereocenters. The molecule has 0 amide bonds. The monoisotopic (exact) mass is 164 g/mol. The third-order valence-corrected chi connectivity index (χ3v) is 1.60. The Bertz CT molecular complexity index is 285. The van der Waals surface area contributed by atoms with Crippen LogP contribution >= 0.6 is 0 Å². The molecule has 0 saturated carbocycles. The van der Waals surface area contributed by atoms with Crippen molar-refractivity contribution < 1.29 is 4.52 Å². The lowest BCUT2D eigenvalue weighted by atomic mass is 10.2. The van der Waals surface area contributed by atoms with Crippen molar-refractivity contribution in [3.8, 4) is 12.3 Å². The van der Waals surface area contributed by atoms with Gasteiger partial charge in [-0.15, -0.1) is 6.42 Å². The van der Waals surface area contributed by atoms with E-state index in [4.69, 9.17) is 10.9 Å². The first kappa shape index (κ1) is 8.82. The minimum absolute atomic E-state index is 0.151. The average molecular weight is 164 g/mol. The molecule has 1 unspecified atom stereocenters. The molecule has 64 valence electrons. The van der Waals surface area contributed by atoms with E-state index in [9.17, 15) is 0 Å². The third kappa shape index (κ3) is 2.11. The van der Waals surface area contributed by atoms with Gasteiger partial charge in [0.1, 0.15) is 11.5 Å². The highest BCUT2D eigenvalue weighted by Gasteiger charge is 2.07. The van der Waals surface area contributed by atoms with Crippen LogP contribution in [0.4, 0.5) is 0 Å². The Labute approximate surface area is 72.1 Å². The van der Waals surface area contributed by atoms with Gasteiger partial charge in [-0.05, 0) is 13.8 Å². The fourth-order valence-corrected chi connectivity index (χ4v) is 0.906. The van der Waals surface area contributed by atoms with Crippen molar-refractivity contribution in [2.45, 2.75) is 19.9 Å². The van der Waals surface area contributed by atoms with Crippen LogP contribution in [0.2, 0.25) is 0 Å². The van der Waals surface area contributed by atoms with Crippen LogP contribution in [0.15, 0.2) is 10.6 Å². The quantitative estimate of drug-likeness (QED) is 0.683. The number of rotatable bonds is 3. The number of aryl methyl sites for hydroxylation is 1. The van der Waals surface area contributed by atoms with E-state index in [2.05, 4.69) is 16.4 Å². The van der Waals surface area contributed by atoms with Crippen LogP contribution in [0.5, 0.6) is 0 Å². The molecular weight excluding hydrogens is 152 g/mol. The van der Waals surface area contributed by atoms with Gasteiger partial charge in [0, 0.05) is 6.07 Å². The second kappa shape index (κ2) is 3.93. The van der Waals surface area contributed by atoms with Crippen molar-refractivity contribution in [2.75, 3.05) is 6.54 Å². The molecule has 1 rings (SSSR count). The van der Waals surface area contributed by atoms with Crippen LogP contribution in [0.1, 0.15) is 24.4 Å². The van der Waals surface area contributed by atoms with E-state index < -0.39 is 0 Å². The van der Waals surface area contributed by atoms with Crippen LogP contribution in [0.25, 0.3) is 0 Å². The molecule has 0 aliphatic carbocycles. The van der Waals surface area contributed by atoms with Crippen LogP contribution in [0.3, 0.4) is 0 Å². The summed E-state index contributed by atoms with van der Waals surface area (Å²) >= 11 is 0. The minimum atomic E-state index is 0.151. The van der Waals surface area contributed by atoms with Crippen LogP contribution in [0, 0.1) is 19.3 Å². The normalized spacial score (nSPS) is 12.4. The summed E-state index contributed by atoms with van der Waals surface area (Å²) in [5.74, 6) is 3.32. The van der Waals surface area contributed by atoms with E-state index in [1.165, 1.54) is 0 Å². The summed E-state index contributed by atoms with van der Waals surface area (Å²) in [6.07, 6.45) is 5.10. The highest BCUT2D eigenvalue weighted by atomic mass is 16.5. The Kier molecular flexibility index (Phi) is 2.89. The summed E-state index contributed by atoms with van der Waals surface area (Å²) < 4.78 is 4.92. The van der Waals surface area contributed by atoms with E-state index >= 15 is 0 Å². The Morgan fingerprint density at radius 3 is 3.08 bits per heavy atom. The molecule has 0 fully saturated rings. The second-order valence-electron chi connectivity index (χ2n) is 2.67. The Morgan fingerprint density at radius 1 is 1.83 bits per heavy atom. The van der Waals surface area contributed by atoms with Gasteiger partial charge in [0.2, 0.25) is 0 Å². The molecule has 1 heterocycles. The van der Waals surface area contributed by atoms with Crippen LogP contribution in [-0.4, -0.2) is 11.7 Å². The average Bonchev–Trinajstić information content (AvgIpc) is 2.47. The topological polar surface area (TPSA) is 38.1 Å². The molecule has 0 aliphatic rings. The first-order chi connectivity index (χ1) is 5.74. The molecule has 3 nitrogen and oxygen atoms in total. The molecule has 0 spiro atoms. The first-order valence-corrected chi connectivity index (χ1v) is 3.84. The van der Waals surface area contributed by atoms with E-state index in [1.807, 2.05) is 19.9 Å². The lowest BCUT2D eigenvalue weighted by molar-refractivity contribution is 0.382. The van der Waals surface area contributed by atoms with Gasteiger partial charge in [-0.25, -0.2) is 0 Å². The second-order valence-corrected chi connectivity index (χ2v) is 2.67. The predicted octanol–water partition coefficient (Wildman–Crippen LogP) is 1.27. The van der Waals surface area contributed by atoms with E-state index in [-0.39, 0.29) is 6.04 Å². The van der Waals surface area contributed by atoms with E-state index in [0.29, 0.717) is 6.54 Å². The Balaban J connectivity index is 2.54. The van der Waals surface area contributed by atoms with Crippen molar-refractivity contribution in [1.82, 2.24) is 10.5 Å². The fraction of sp³-hybridized carbons (Fsp3) is 0.444. The van der Waals surface area contributed by atoms with Crippen molar-refractivity contribution in [3.05, 3.63) is 17.5 Å². The number of aromatic nitrogens is 1. The molecule has 0 aliphatic heterocycles. The van der Waals surface area contributed by atoms with Crippen molar-refractivity contribution >= 4 is 0 Å². The van der Waals surface area contributed by atoms with Gasteiger partial charge in [-0.1, -0.05) is 11.1 Å². The molecule has 0 saturated heterocycles. The zero-order chi connectivity index (χ0) is 8.97. The highest BCUT2D eigenvalue weighted by Crippen LogP contribution is 2.10. The lowest BCUT2D eigenvalue weighted by Gasteiger charge is -2.06. The van der Waals surface area contributed by atoms with Crippen molar-refractivity contribution in [2.24, 2.45) is 0 Å². The molecule has 3 heteroatoms. The van der Waals surface area contributed by atoms with Gasteiger partial charge in [0.25, 0.3) is 0 Å². The first-order valence-electron chi connectivity index (χ1n) is 3.84. The summed E-state index contributed by atoms with van der Waals surface area (Å²) in [4.78, 5) is 0. The SMILES string of the molecule is C#CCNC(C)c1cc(C)on1. The third-order valence-electron chi connectivity index (χ3n) is 1.60. The highest BCUT2D eigenvalue weighted by molar-refractivity contribution is 5.08. The molecule has 1 N–H and O–H groups in total. The number of nitrogens with one attached hydrogen (secondary N) is 1. The van der Waals surface area contributed by atoms with Crippen LogP contribution in [-0.2, 0) is 0 Å². The molecule has 0 aromatic carbocycles. The van der Waals surface area contributed by atoms with Crippen molar-refractivity contribution in [3.63, 3.8) is 0 Å². The van der Waals surface area contributed by atoms with Gasteiger partial charge in [-0.3, -0.25) is 5.32 Å². The van der Waals surface area contributed by atoms with Gasteiger partial charge in [0.15, 0.2) is 0 Å². The molecule has 0 bridgehead atoms. The van der Waals surface area contributed by atoms with E-state index in [1.54, 1.807) is 0 Å². The Morgan fingerprint density at radius 2 is 2.58 bits per heavy atom. The zero-order valence-corrected chi connectivity index (χ0v) is 7.29. The molecule has 12 heavy (non-hydrogen) atoms. The van der Waals surface area contributed by atoms with Crippen LogP contribution < -0.4 is 5.32 Å². The number of nitrogens with zero attached hydrogens (tertiary/aromatic N) is 1. The largest absolute Gasteiger partial charge is 0.361 e. The zero-order valence-electron chi connectivity index (χ0n) is 7.29. The van der Waals surface area contributed by atoms with Gasteiger partial charge < -0.3 is 4.52 Å². The predicted molar refractivity (Wildman–Crippen MR) is 46.5 cm³/mol. The summed E-state index contributed by atoms with van der Waals surface area (Å²) in [6, 6.07) is 2.05. The molecule has 1 aromatic heterocycles. The molecule has 1 aromatic rings. The van der Waals surface area contributed by atoms with E-state index in [0.717, 1.165) is 11.5 Å². The fourth-order valence-electron chi connectivity index (χ4n) is 0.906. The maximum atomic E-state index is 5.10. The summed E-state index contributed by atoms with van der Waals surface area (Å²) in [5.41, 5.74) is 0.891. The summed E-state index contributed by atoms with van der Waals surface area (Å²) in [6.45, 7) is 4.41. The standard InChI is InChI=1S/C9H12N2O/c1-4-5-10-8(3)9-6-7(2)12-11-9/h1,6,8,10H,5H2,2-3H3. The maximum absolute atomic E-state index is 5.10. The number of terminal acetylenes is 1. The minimum Gasteiger partial charge on any atom is -0.361 e. The molecular formula is C9H12N2O. The number of hydrogen-bond donors (Lipinski definition) is 1. The van der Waals surface area contributed by atoms with Gasteiger partial charge >= 0.3 is 0 Å². The lowest BCUT2D eigenvalue weighted by Crippen LogP contribution is -2.18. The van der Waals surface area contributed by atoms with Crippen molar-refractivity contribution in [1.29, 1.82) is 0 Å². The smallest absolute Gasteiger partial charge is 0.133 e. The Hall–Kier alpha value is -1.27. The van der Waals surface area contributed by atoms with Gasteiger partial charge in [-0.2, -0.15) is 0 Å². The summed E-state index contributed by atoms with van der Waals surface area (Å²) in [7, 11) is 0. The van der Waals surface area contributed by atoms with Gasteiger partial charge in [0.05, 0.1) is 12.6 Å². The summed E-state index contributed by atoms with van der Waals surface area (Å²) in [5, 5.41) is 6.97.